The lowest BCUT2D eigenvalue weighted by Gasteiger charge is -2.22. The van der Waals surface area contributed by atoms with Gasteiger partial charge in [0.25, 0.3) is 0 Å². The first-order chi connectivity index (χ1) is 4.99. The van der Waals surface area contributed by atoms with Crippen LogP contribution in [0, 0.1) is 5.92 Å². The molecule has 1 fully saturated rings. The highest BCUT2D eigenvalue weighted by molar-refractivity contribution is 4.81. The molecule has 1 aliphatic rings. The van der Waals surface area contributed by atoms with E-state index in [2.05, 4.69) is 33.2 Å². The molecule has 0 spiro atoms. The average molecular weight is 157 g/mol. The van der Waals surface area contributed by atoms with Crippen LogP contribution in [0.15, 0.2) is 0 Å². The van der Waals surface area contributed by atoms with Crippen LogP contribution in [0.25, 0.3) is 0 Å². The van der Waals surface area contributed by atoms with Crippen LogP contribution in [0.5, 0.6) is 0 Å². The van der Waals surface area contributed by atoms with Gasteiger partial charge in [0.15, 0.2) is 0 Å². The van der Waals surface area contributed by atoms with E-state index < -0.39 is 0 Å². The Bertz CT molecular complexity index is 124. The van der Waals surface area contributed by atoms with Gasteiger partial charge < -0.3 is 0 Å². The van der Waals surface area contributed by atoms with Crippen LogP contribution in [0.1, 0.15) is 40.5 Å². The van der Waals surface area contributed by atoms with E-state index in [-0.39, 0.29) is 5.60 Å². The van der Waals surface area contributed by atoms with E-state index in [0.29, 0.717) is 6.04 Å². The highest BCUT2D eigenvalue weighted by atomic mass is 16.7. The highest BCUT2D eigenvalue weighted by Crippen LogP contribution is 2.32. The Morgan fingerprint density at radius 1 is 1.36 bits per heavy atom. The van der Waals surface area contributed by atoms with Crippen molar-refractivity contribution < 1.29 is 4.84 Å². The van der Waals surface area contributed by atoms with Gasteiger partial charge in [0.05, 0.1) is 5.60 Å². The van der Waals surface area contributed by atoms with Gasteiger partial charge in [0.2, 0.25) is 0 Å². The van der Waals surface area contributed by atoms with E-state index in [0.717, 1.165) is 5.92 Å². The van der Waals surface area contributed by atoms with Crippen molar-refractivity contribution in [3.05, 3.63) is 0 Å². The molecule has 2 nitrogen and oxygen atoms in total. The molecule has 1 atom stereocenters. The summed E-state index contributed by atoms with van der Waals surface area (Å²) in [7, 11) is 0. The van der Waals surface area contributed by atoms with Gasteiger partial charge in [-0.2, -0.15) is 5.48 Å². The molecule has 1 rings (SSSR count). The molecule has 0 aliphatic heterocycles. The molecule has 0 aromatic rings. The van der Waals surface area contributed by atoms with Gasteiger partial charge in [-0.3, -0.25) is 4.84 Å². The first-order valence-electron chi connectivity index (χ1n) is 4.42. The summed E-state index contributed by atoms with van der Waals surface area (Å²) >= 11 is 0. The van der Waals surface area contributed by atoms with Gasteiger partial charge in [-0.15, -0.1) is 0 Å². The third-order valence-electron chi connectivity index (χ3n) is 1.88. The summed E-state index contributed by atoms with van der Waals surface area (Å²) in [5.74, 6) is 0.859. The maximum Gasteiger partial charge on any atom is 0.0813 e. The summed E-state index contributed by atoms with van der Waals surface area (Å²) in [5.41, 5.74) is 3.02. The second-order valence-corrected chi connectivity index (χ2v) is 4.46. The predicted octanol–water partition coefficient (Wildman–Crippen LogP) is 2.10. The van der Waals surface area contributed by atoms with Crippen LogP contribution < -0.4 is 5.48 Å². The van der Waals surface area contributed by atoms with E-state index in [1.165, 1.54) is 12.8 Å². The van der Waals surface area contributed by atoms with Gasteiger partial charge >= 0.3 is 0 Å². The summed E-state index contributed by atoms with van der Waals surface area (Å²) in [5, 5.41) is 0. The lowest BCUT2D eigenvalue weighted by molar-refractivity contribution is -0.0886. The minimum Gasteiger partial charge on any atom is -0.296 e. The molecule has 0 aromatic carbocycles. The molecular formula is C9H19NO. The van der Waals surface area contributed by atoms with Crippen molar-refractivity contribution in [1.82, 2.24) is 5.48 Å². The molecule has 2 heteroatoms. The number of rotatable bonds is 3. The van der Waals surface area contributed by atoms with Crippen molar-refractivity contribution in [1.29, 1.82) is 0 Å². The molecule has 0 saturated heterocycles. The smallest absolute Gasteiger partial charge is 0.0813 e. The van der Waals surface area contributed by atoms with E-state index in [1.54, 1.807) is 0 Å². The highest BCUT2D eigenvalue weighted by Gasteiger charge is 2.28. The Hall–Kier alpha value is -0.0800. The molecule has 1 aliphatic carbocycles. The Morgan fingerprint density at radius 2 is 1.91 bits per heavy atom. The van der Waals surface area contributed by atoms with Gasteiger partial charge in [0.1, 0.15) is 0 Å². The van der Waals surface area contributed by atoms with Crippen molar-refractivity contribution in [3.8, 4) is 0 Å². The van der Waals surface area contributed by atoms with Crippen molar-refractivity contribution in [2.45, 2.75) is 52.2 Å². The maximum absolute atomic E-state index is 5.44. The fraction of sp³-hybridized carbons (Fsp3) is 1.00. The average Bonchev–Trinajstić information content (AvgIpc) is 2.61. The third kappa shape index (κ3) is 3.73. The van der Waals surface area contributed by atoms with Gasteiger partial charge in [0, 0.05) is 6.04 Å². The molecule has 1 unspecified atom stereocenters. The zero-order valence-corrected chi connectivity index (χ0v) is 7.98. The Morgan fingerprint density at radius 3 is 2.27 bits per heavy atom. The van der Waals surface area contributed by atoms with E-state index in [4.69, 9.17) is 4.84 Å². The Labute approximate surface area is 69.3 Å². The maximum atomic E-state index is 5.44. The van der Waals surface area contributed by atoms with Crippen LogP contribution in [0.4, 0.5) is 0 Å². The monoisotopic (exact) mass is 157 g/mol. The quantitative estimate of drug-likeness (QED) is 0.633. The molecule has 0 radical (unpaired) electrons. The SMILES string of the molecule is CC(NOC(C)(C)C)C1CC1. The normalized spacial score (nSPS) is 21.8. The van der Waals surface area contributed by atoms with Crippen LogP contribution in [0.2, 0.25) is 0 Å². The second kappa shape index (κ2) is 3.11. The zero-order valence-electron chi connectivity index (χ0n) is 7.98. The van der Waals surface area contributed by atoms with Crippen LogP contribution in [0.3, 0.4) is 0 Å². The summed E-state index contributed by atoms with van der Waals surface area (Å²) in [6.45, 7) is 8.35. The Balaban J connectivity index is 2.10. The largest absolute Gasteiger partial charge is 0.296 e. The van der Waals surface area contributed by atoms with Crippen LogP contribution in [-0.4, -0.2) is 11.6 Å². The lowest BCUT2D eigenvalue weighted by Crippen LogP contribution is -2.36. The molecule has 1 N–H and O–H groups in total. The van der Waals surface area contributed by atoms with Crippen LogP contribution >= 0.6 is 0 Å². The summed E-state index contributed by atoms with van der Waals surface area (Å²) < 4.78 is 0. The molecule has 11 heavy (non-hydrogen) atoms. The molecule has 66 valence electrons. The number of hydroxylamine groups is 1. The van der Waals surface area contributed by atoms with Gasteiger partial charge in [-0.1, -0.05) is 0 Å². The topological polar surface area (TPSA) is 21.3 Å². The summed E-state index contributed by atoms with van der Waals surface area (Å²) in [6, 6.07) is 0.522. The minimum atomic E-state index is -0.0663. The van der Waals surface area contributed by atoms with E-state index in [1.807, 2.05) is 0 Å². The Kier molecular flexibility index (Phi) is 2.55. The van der Waals surface area contributed by atoms with Crippen LogP contribution in [-0.2, 0) is 4.84 Å². The zero-order chi connectivity index (χ0) is 8.48. The fourth-order valence-corrected chi connectivity index (χ4v) is 0.962. The first kappa shape index (κ1) is 9.01. The number of hydrogen-bond donors (Lipinski definition) is 1. The molecule has 1 saturated carbocycles. The van der Waals surface area contributed by atoms with Crippen molar-refractivity contribution in [3.63, 3.8) is 0 Å². The molecule has 0 amide bonds. The number of nitrogens with one attached hydrogen (secondary N) is 1. The third-order valence-corrected chi connectivity index (χ3v) is 1.88. The van der Waals surface area contributed by atoms with Crippen molar-refractivity contribution in [2.75, 3.05) is 0 Å². The molecule has 0 bridgehead atoms. The molecule has 0 heterocycles. The summed E-state index contributed by atoms with van der Waals surface area (Å²) in [6.07, 6.45) is 2.73. The van der Waals surface area contributed by atoms with Gasteiger partial charge in [-0.05, 0) is 46.5 Å². The molecule has 0 aromatic heterocycles. The molecular weight excluding hydrogens is 138 g/mol. The first-order valence-corrected chi connectivity index (χ1v) is 4.42. The van der Waals surface area contributed by atoms with Crippen molar-refractivity contribution in [2.24, 2.45) is 5.92 Å². The second-order valence-electron chi connectivity index (χ2n) is 4.46. The predicted molar refractivity (Wildman–Crippen MR) is 46.2 cm³/mol. The minimum absolute atomic E-state index is 0.0663. The fourth-order valence-electron chi connectivity index (χ4n) is 0.962. The standard InChI is InChI=1S/C9H19NO/c1-7(8-5-6-8)10-11-9(2,3)4/h7-8,10H,5-6H2,1-4H3. The summed E-state index contributed by atoms with van der Waals surface area (Å²) in [4.78, 5) is 5.44. The number of hydrogen-bond acceptors (Lipinski definition) is 2. The lowest BCUT2D eigenvalue weighted by atomic mass is 10.2. The van der Waals surface area contributed by atoms with Gasteiger partial charge in [-0.25, -0.2) is 0 Å². The van der Waals surface area contributed by atoms with Crippen molar-refractivity contribution >= 4 is 0 Å². The van der Waals surface area contributed by atoms with E-state index >= 15 is 0 Å². The van der Waals surface area contributed by atoms with E-state index in [9.17, 15) is 0 Å².